The van der Waals surface area contributed by atoms with Crippen LogP contribution >= 0.6 is 35.2 Å². The lowest BCUT2D eigenvalue weighted by atomic mass is 10.0. The molecule has 4 rings (SSSR count). The molecule has 1 fully saturated rings. The van der Waals surface area contributed by atoms with Crippen molar-refractivity contribution in [3.05, 3.63) is 63.3 Å². The van der Waals surface area contributed by atoms with Gasteiger partial charge in [0, 0.05) is 25.0 Å². The molecule has 15 heteroatoms. The maximum Gasteiger partial charge on any atom is 0.328 e. The van der Waals surface area contributed by atoms with Crippen LogP contribution in [0.4, 0.5) is 0 Å². The molecule has 0 bridgehead atoms. The summed E-state index contributed by atoms with van der Waals surface area (Å²) in [6.07, 6.45) is 4.32. The van der Waals surface area contributed by atoms with E-state index in [0.717, 1.165) is 34.1 Å². The van der Waals surface area contributed by atoms with E-state index in [4.69, 9.17) is 28.5 Å². The van der Waals surface area contributed by atoms with Crippen LogP contribution < -0.4 is 10.6 Å². The Kier molecular flexibility index (Phi) is 10.3. The molecular formula is C26H27Cl2N7O5S. The molecule has 1 aliphatic heterocycles. The van der Waals surface area contributed by atoms with E-state index in [1.165, 1.54) is 0 Å². The number of rotatable bonds is 10. The number of aromatic amines is 1. The summed E-state index contributed by atoms with van der Waals surface area (Å²) in [5.41, 5.74) is 2.44. The van der Waals surface area contributed by atoms with Crippen LogP contribution in [0.2, 0.25) is 10.0 Å². The van der Waals surface area contributed by atoms with Gasteiger partial charge >= 0.3 is 5.97 Å². The molecule has 0 spiro atoms. The number of guanidine groups is 1. The lowest BCUT2D eigenvalue weighted by Crippen LogP contribution is -2.51. The summed E-state index contributed by atoms with van der Waals surface area (Å²) in [6, 6.07) is 7.55. The van der Waals surface area contributed by atoms with Crippen molar-refractivity contribution in [1.29, 1.82) is 5.26 Å². The number of aliphatic hydroxyl groups excluding tert-OH is 1. The number of carbonyl (C=O) groups is 2. The minimum atomic E-state index is -1.40. The average Bonchev–Trinajstić information content (AvgIpc) is 3.58. The summed E-state index contributed by atoms with van der Waals surface area (Å²) in [5.74, 6) is -2.00. The number of nitriles is 1. The Morgan fingerprint density at radius 1 is 1.29 bits per heavy atom. The van der Waals surface area contributed by atoms with Gasteiger partial charge in [0.05, 0.1) is 38.7 Å². The number of likely N-dealkylation sites (tertiary alicyclic amines) is 1. The van der Waals surface area contributed by atoms with E-state index in [0.29, 0.717) is 25.8 Å². The fourth-order valence-electron chi connectivity index (χ4n) is 4.55. The number of H-pyrrole nitrogens is 1. The van der Waals surface area contributed by atoms with Gasteiger partial charge in [0.1, 0.15) is 6.04 Å². The van der Waals surface area contributed by atoms with Crippen molar-refractivity contribution in [3.8, 4) is 6.19 Å². The zero-order valence-electron chi connectivity index (χ0n) is 21.5. The SMILES string of the molecule is N#C/N=C(\NC[C@H](NC(=O)c1c(Cl)cc(CCC(SO)c2ccc3cn[nH]c3c2)cc1Cl)C(=O)O)N1CC[C@H](O)C1. The first-order chi connectivity index (χ1) is 19.7. The summed E-state index contributed by atoms with van der Waals surface area (Å²) in [6.45, 7) is 0.395. The van der Waals surface area contributed by atoms with Crippen molar-refractivity contribution in [2.45, 2.75) is 36.7 Å². The number of aryl methyl sites for hydroxylation is 1. The van der Waals surface area contributed by atoms with Crippen LogP contribution in [-0.4, -0.2) is 79.5 Å². The van der Waals surface area contributed by atoms with Gasteiger partial charge in [-0.3, -0.25) is 9.89 Å². The molecule has 0 aliphatic carbocycles. The number of nitrogens with one attached hydrogen (secondary N) is 3. The molecule has 1 amide bonds. The number of amides is 1. The number of benzene rings is 2. The number of carboxylic acid groups (broad SMARTS) is 1. The summed E-state index contributed by atoms with van der Waals surface area (Å²) < 4.78 is 9.91. The number of halogens is 2. The predicted molar refractivity (Wildman–Crippen MR) is 156 cm³/mol. The third-order valence-corrected chi connectivity index (χ3v) is 8.03. The second-order valence-electron chi connectivity index (χ2n) is 9.45. The number of β-amino-alcohol motifs (C(OH)–C–C–N with tert-alkyl or cyclic N) is 1. The molecule has 0 radical (unpaired) electrons. The monoisotopic (exact) mass is 619 g/mol. The van der Waals surface area contributed by atoms with E-state index in [1.54, 1.807) is 29.4 Å². The van der Waals surface area contributed by atoms with Crippen LogP contribution in [-0.2, 0) is 11.2 Å². The van der Waals surface area contributed by atoms with Gasteiger partial charge < -0.3 is 30.3 Å². The number of hydrogen-bond acceptors (Lipinski definition) is 8. The maximum absolute atomic E-state index is 13.0. The Bertz CT molecular complexity index is 1470. The zero-order valence-corrected chi connectivity index (χ0v) is 23.9. The van der Waals surface area contributed by atoms with E-state index >= 15 is 0 Å². The first kappa shape index (κ1) is 30.4. The van der Waals surface area contributed by atoms with Gasteiger partial charge in [-0.25, -0.2) is 4.79 Å². The molecular weight excluding hydrogens is 593 g/mol. The topological polar surface area (TPSA) is 187 Å². The molecule has 2 heterocycles. The quantitative estimate of drug-likeness (QED) is 0.0849. The molecule has 1 aromatic heterocycles. The Balaban J connectivity index is 1.40. The van der Waals surface area contributed by atoms with Crippen LogP contribution in [0.1, 0.15) is 39.6 Å². The van der Waals surface area contributed by atoms with Gasteiger partial charge in [-0.05, 0) is 60.6 Å². The number of nitrogens with zero attached hydrogens (tertiary/aromatic N) is 4. The van der Waals surface area contributed by atoms with Crippen LogP contribution in [0.25, 0.3) is 10.9 Å². The molecule has 2 aromatic carbocycles. The van der Waals surface area contributed by atoms with E-state index in [9.17, 15) is 24.4 Å². The van der Waals surface area contributed by atoms with Crippen molar-refractivity contribution in [2.24, 2.45) is 4.99 Å². The first-order valence-corrected chi connectivity index (χ1v) is 14.2. The lowest BCUT2D eigenvalue weighted by molar-refractivity contribution is -0.139. The van der Waals surface area contributed by atoms with E-state index in [2.05, 4.69) is 25.8 Å². The molecule has 0 saturated carbocycles. The van der Waals surface area contributed by atoms with Crippen molar-refractivity contribution in [2.75, 3.05) is 19.6 Å². The highest BCUT2D eigenvalue weighted by molar-refractivity contribution is 7.94. The van der Waals surface area contributed by atoms with Gasteiger partial charge in [0.15, 0.2) is 0 Å². The molecule has 41 heavy (non-hydrogen) atoms. The van der Waals surface area contributed by atoms with Crippen LogP contribution in [0.15, 0.2) is 41.5 Å². The van der Waals surface area contributed by atoms with Crippen LogP contribution in [0.3, 0.4) is 0 Å². The third-order valence-electron chi connectivity index (χ3n) is 6.68. The van der Waals surface area contributed by atoms with E-state index in [1.807, 2.05) is 18.2 Å². The van der Waals surface area contributed by atoms with Crippen molar-refractivity contribution >= 4 is 64.0 Å². The van der Waals surface area contributed by atoms with Gasteiger partial charge in [0.25, 0.3) is 5.91 Å². The number of carboxylic acids is 1. The fraction of sp³-hybridized carbons (Fsp3) is 0.346. The molecule has 1 saturated heterocycles. The van der Waals surface area contributed by atoms with E-state index in [-0.39, 0.29) is 39.9 Å². The Hall–Kier alpha value is -3.54. The minimum absolute atomic E-state index is 0.0481. The Morgan fingerprint density at radius 3 is 2.68 bits per heavy atom. The highest BCUT2D eigenvalue weighted by atomic mass is 35.5. The predicted octanol–water partition coefficient (Wildman–Crippen LogP) is 3.43. The first-order valence-electron chi connectivity index (χ1n) is 12.6. The third kappa shape index (κ3) is 7.60. The second-order valence-corrected chi connectivity index (χ2v) is 11.0. The van der Waals surface area contributed by atoms with Gasteiger partial charge in [0.2, 0.25) is 12.2 Å². The van der Waals surface area contributed by atoms with Crippen molar-refractivity contribution < 1.29 is 24.4 Å². The van der Waals surface area contributed by atoms with Gasteiger partial charge in [-0.15, -0.1) is 4.99 Å². The Morgan fingerprint density at radius 2 is 2.05 bits per heavy atom. The number of aliphatic carboxylic acids is 1. The fourth-order valence-corrected chi connectivity index (χ4v) is 5.74. The van der Waals surface area contributed by atoms with E-state index < -0.39 is 24.0 Å². The molecule has 1 unspecified atom stereocenters. The van der Waals surface area contributed by atoms with Crippen molar-refractivity contribution in [3.63, 3.8) is 0 Å². The summed E-state index contributed by atoms with van der Waals surface area (Å²) in [7, 11) is 0. The maximum atomic E-state index is 13.0. The standard InChI is InChI=1S/C26H27Cl2N7O5S/c27-18-7-14(1-4-22(41-40)15-2-3-16-10-32-34-20(16)9-15)8-19(28)23(18)24(37)33-21(25(38)39)11-30-26(31-13-29)35-6-5-17(36)12-35/h2-3,7-10,17,21-22,36,40H,1,4-6,11-12H2,(H,30,31)(H,32,34)(H,33,37)(H,38,39)/t17-,21-,22?/m0/s1. The lowest BCUT2D eigenvalue weighted by Gasteiger charge is -2.22. The smallest absolute Gasteiger partial charge is 0.328 e. The second kappa shape index (κ2) is 13.9. The normalized spacial score (nSPS) is 16.8. The zero-order chi connectivity index (χ0) is 29.5. The number of fused-ring (bicyclic) bond motifs is 1. The molecule has 1 aliphatic rings. The van der Waals surface area contributed by atoms with Crippen LogP contribution in [0, 0.1) is 11.5 Å². The molecule has 216 valence electrons. The number of carbonyl (C=O) groups excluding carboxylic acids is 1. The molecule has 6 N–H and O–H groups in total. The number of hydrogen-bond donors (Lipinski definition) is 6. The minimum Gasteiger partial charge on any atom is -0.480 e. The largest absolute Gasteiger partial charge is 0.480 e. The molecule has 3 atom stereocenters. The summed E-state index contributed by atoms with van der Waals surface area (Å²) in [4.78, 5) is 30.2. The summed E-state index contributed by atoms with van der Waals surface area (Å²) in [5, 5.41) is 41.3. The summed E-state index contributed by atoms with van der Waals surface area (Å²) >= 11 is 13.6. The highest BCUT2D eigenvalue weighted by Crippen LogP contribution is 2.34. The van der Waals surface area contributed by atoms with Gasteiger partial charge in [-0.2, -0.15) is 10.4 Å². The Labute approximate surface area is 249 Å². The average molecular weight is 621 g/mol. The highest BCUT2D eigenvalue weighted by Gasteiger charge is 2.27. The molecule has 12 nitrogen and oxygen atoms in total. The van der Waals surface area contributed by atoms with Crippen LogP contribution in [0.5, 0.6) is 0 Å². The number of aliphatic imine (C=N–C) groups is 1. The van der Waals surface area contributed by atoms with Gasteiger partial charge in [-0.1, -0.05) is 35.3 Å². The van der Waals surface area contributed by atoms with Crippen molar-refractivity contribution in [1.82, 2.24) is 25.7 Å². The number of aliphatic hydroxyl groups is 1. The molecule has 3 aromatic rings. The number of aromatic nitrogens is 2.